The number of aromatic nitrogens is 4. The molecule has 1 saturated heterocycles. The molecule has 10 heteroatoms. The van der Waals surface area contributed by atoms with Crippen LogP contribution in [0.15, 0.2) is 30.0 Å². The predicted molar refractivity (Wildman–Crippen MR) is 117 cm³/mol. The molecule has 0 unspecified atom stereocenters. The van der Waals surface area contributed by atoms with Gasteiger partial charge in [-0.3, -0.25) is 14.9 Å². The van der Waals surface area contributed by atoms with E-state index < -0.39 is 0 Å². The smallest absolute Gasteiger partial charge is 0.254 e. The van der Waals surface area contributed by atoms with E-state index in [4.69, 9.17) is 11.6 Å². The van der Waals surface area contributed by atoms with E-state index in [1.54, 1.807) is 16.8 Å². The van der Waals surface area contributed by atoms with Gasteiger partial charge in [-0.2, -0.15) is 19.6 Å². The number of carbonyl (C=O) groups is 2. The number of carbonyl (C=O) groups excluding carboxylic acids is 2. The van der Waals surface area contributed by atoms with Crippen LogP contribution in [0.25, 0.3) is 11.7 Å². The van der Waals surface area contributed by atoms with Crippen molar-refractivity contribution >= 4 is 47.0 Å². The second kappa shape index (κ2) is 7.66. The van der Waals surface area contributed by atoms with Crippen molar-refractivity contribution in [1.29, 1.82) is 0 Å². The summed E-state index contributed by atoms with van der Waals surface area (Å²) >= 11 is 6.35. The van der Waals surface area contributed by atoms with Gasteiger partial charge in [0.25, 0.3) is 5.91 Å². The Hall–Kier alpha value is -3.46. The number of fused-ring (bicyclic) bond motifs is 1. The standard InChI is InChI=1S/C21H20ClN7O2/c1-11-3-2-4-16(22)15(11)10-23-20-27-18-13(7-12-8-17(30)26-19(12)31)9-24-29(18)21(28-20)25-14-5-6-14/h2-4,7,9,14H,5-6,8,10H2,1H3,(H,26,30,31)(H2,23,25,27,28)/b12-7+. The summed E-state index contributed by atoms with van der Waals surface area (Å²) in [6.45, 7) is 2.47. The fourth-order valence-corrected chi connectivity index (χ4v) is 3.73. The fourth-order valence-electron chi connectivity index (χ4n) is 3.45. The minimum atomic E-state index is -0.387. The number of nitrogens with zero attached hydrogens (tertiary/aromatic N) is 4. The molecule has 3 N–H and O–H groups in total. The highest BCUT2D eigenvalue weighted by Crippen LogP contribution is 2.27. The van der Waals surface area contributed by atoms with Crippen LogP contribution in [-0.4, -0.2) is 37.4 Å². The first-order valence-corrected chi connectivity index (χ1v) is 10.4. The summed E-state index contributed by atoms with van der Waals surface area (Å²) in [5.41, 5.74) is 3.61. The minimum absolute atomic E-state index is 0.0470. The maximum absolute atomic E-state index is 12.0. The quantitative estimate of drug-likeness (QED) is 0.401. The Balaban J connectivity index is 1.51. The van der Waals surface area contributed by atoms with E-state index in [0.717, 1.165) is 24.0 Å². The third kappa shape index (κ3) is 3.96. The number of rotatable bonds is 6. The lowest BCUT2D eigenvalue weighted by molar-refractivity contribution is -0.124. The molecule has 0 spiro atoms. The van der Waals surface area contributed by atoms with Crippen LogP contribution in [0.5, 0.6) is 0 Å². The predicted octanol–water partition coefficient (Wildman–Crippen LogP) is 2.70. The number of nitrogens with one attached hydrogen (secondary N) is 3. The molecule has 1 saturated carbocycles. The molecular weight excluding hydrogens is 418 g/mol. The number of hydrogen-bond acceptors (Lipinski definition) is 7. The Morgan fingerprint density at radius 2 is 2.13 bits per heavy atom. The minimum Gasteiger partial charge on any atom is -0.351 e. The van der Waals surface area contributed by atoms with Gasteiger partial charge in [-0.05, 0) is 43.0 Å². The summed E-state index contributed by atoms with van der Waals surface area (Å²) in [5.74, 6) is 0.294. The Morgan fingerprint density at radius 1 is 1.29 bits per heavy atom. The van der Waals surface area contributed by atoms with Crippen molar-refractivity contribution in [3.8, 4) is 0 Å². The van der Waals surface area contributed by atoms with Crippen LogP contribution in [0, 0.1) is 6.92 Å². The normalized spacial score (nSPS) is 17.4. The van der Waals surface area contributed by atoms with Crippen LogP contribution >= 0.6 is 11.6 Å². The molecule has 3 aromatic rings. The van der Waals surface area contributed by atoms with Gasteiger partial charge in [0.05, 0.1) is 12.6 Å². The molecule has 1 aliphatic heterocycles. The molecule has 158 valence electrons. The van der Waals surface area contributed by atoms with Crippen LogP contribution in [0.4, 0.5) is 11.9 Å². The number of benzene rings is 1. The van der Waals surface area contributed by atoms with Gasteiger partial charge in [0.1, 0.15) is 0 Å². The molecule has 1 aliphatic carbocycles. The SMILES string of the molecule is Cc1cccc(Cl)c1CNc1nc(NC2CC2)n2ncc(/C=C3\CC(=O)NC3=O)c2n1. The number of anilines is 2. The zero-order valence-electron chi connectivity index (χ0n) is 16.8. The summed E-state index contributed by atoms with van der Waals surface area (Å²) < 4.78 is 1.62. The summed E-state index contributed by atoms with van der Waals surface area (Å²) in [6.07, 6.45) is 5.47. The van der Waals surface area contributed by atoms with Crippen LogP contribution in [-0.2, 0) is 16.1 Å². The summed E-state index contributed by atoms with van der Waals surface area (Å²) in [7, 11) is 0. The molecule has 1 aromatic carbocycles. The Kier molecular flexibility index (Phi) is 4.82. The van der Waals surface area contributed by atoms with E-state index in [9.17, 15) is 9.59 Å². The lowest BCUT2D eigenvalue weighted by atomic mass is 10.1. The molecule has 2 amide bonds. The monoisotopic (exact) mass is 437 g/mol. The van der Waals surface area contributed by atoms with Crippen molar-refractivity contribution in [1.82, 2.24) is 24.9 Å². The molecule has 2 aliphatic rings. The topological polar surface area (TPSA) is 113 Å². The van der Waals surface area contributed by atoms with E-state index in [1.165, 1.54) is 0 Å². The van der Waals surface area contributed by atoms with E-state index in [1.807, 2.05) is 25.1 Å². The van der Waals surface area contributed by atoms with E-state index in [-0.39, 0.29) is 18.2 Å². The van der Waals surface area contributed by atoms with Crippen LogP contribution in [0.2, 0.25) is 5.02 Å². The molecule has 31 heavy (non-hydrogen) atoms. The highest BCUT2D eigenvalue weighted by Gasteiger charge is 2.26. The largest absolute Gasteiger partial charge is 0.351 e. The average Bonchev–Trinajstić information content (AvgIpc) is 3.36. The van der Waals surface area contributed by atoms with Gasteiger partial charge in [-0.15, -0.1) is 0 Å². The molecule has 9 nitrogen and oxygen atoms in total. The van der Waals surface area contributed by atoms with Gasteiger partial charge in [0.2, 0.25) is 17.8 Å². The van der Waals surface area contributed by atoms with Crippen LogP contribution < -0.4 is 16.0 Å². The number of hydrogen-bond donors (Lipinski definition) is 3. The number of amides is 2. The van der Waals surface area contributed by atoms with Gasteiger partial charge in [-0.25, -0.2) is 0 Å². The third-order valence-corrected chi connectivity index (χ3v) is 5.66. The summed E-state index contributed by atoms with van der Waals surface area (Å²) in [5, 5.41) is 14.0. The summed E-state index contributed by atoms with van der Waals surface area (Å²) in [6, 6.07) is 6.13. The van der Waals surface area contributed by atoms with Crippen molar-refractivity contribution in [2.24, 2.45) is 0 Å². The lowest BCUT2D eigenvalue weighted by Crippen LogP contribution is -2.19. The second-order valence-electron chi connectivity index (χ2n) is 7.74. The fraction of sp³-hybridized carbons (Fsp3) is 0.286. The Labute approximate surface area is 182 Å². The maximum atomic E-state index is 12.0. The molecular formula is C21H20ClN7O2. The highest BCUT2D eigenvalue weighted by atomic mass is 35.5. The van der Waals surface area contributed by atoms with Crippen LogP contribution in [0.3, 0.4) is 0 Å². The molecule has 0 radical (unpaired) electrons. The number of imide groups is 1. The average molecular weight is 438 g/mol. The molecule has 0 bridgehead atoms. The molecule has 5 rings (SSSR count). The van der Waals surface area contributed by atoms with Crippen molar-refractivity contribution in [2.75, 3.05) is 10.6 Å². The van der Waals surface area contributed by atoms with Crippen molar-refractivity contribution in [3.63, 3.8) is 0 Å². The molecule has 2 fully saturated rings. The summed E-state index contributed by atoms with van der Waals surface area (Å²) in [4.78, 5) is 32.7. The number of aryl methyl sites for hydroxylation is 1. The molecule has 0 atom stereocenters. The van der Waals surface area contributed by atoms with Crippen molar-refractivity contribution in [3.05, 3.63) is 51.7 Å². The number of halogens is 1. The van der Waals surface area contributed by atoms with Gasteiger partial charge < -0.3 is 10.6 Å². The van der Waals surface area contributed by atoms with E-state index in [2.05, 4.69) is 31.0 Å². The zero-order valence-corrected chi connectivity index (χ0v) is 17.5. The highest BCUT2D eigenvalue weighted by molar-refractivity contribution is 6.31. The van der Waals surface area contributed by atoms with Gasteiger partial charge in [0, 0.05) is 28.7 Å². The lowest BCUT2D eigenvalue weighted by Gasteiger charge is -2.12. The van der Waals surface area contributed by atoms with E-state index in [0.29, 0.717) is 46.3 Å². The Morgan fingerprint density at radius 3 is 2.84 bits per heavy atom. The first-order valence-electron chi connectivity index (χ1n) is 10.0. The van der Waals surface area contributed by atoms with Gasteiger partial charge >= 0.3 is 0 Å². The van der Waals surface area contributed by atoms with Crippen LogP contribution in [0.1, 0.15) is 36.0 Å². The first kappa shape index (κ1) is 19.5. The van der Waals surface area contributed by atoms with Gasteiger partial charge in [-0.1, -0.05) is 23.7 Å². The van der Waals surface area contributed by atoms with E-state index >= 15 is 0 Å². The van der Waals surface area contributed by atoms with Crippen molar-refractivity contribution in [2.45, 2.75) is 38.8 Å². The maximum Gasteiger partial charge on any atom is 0.254 e. The zero-order chi connectivity index (χ0) is 21.5. The first-order chi connectivity index (χ1) is 15.0. The molecule has 2 aromatic heterocycles. The van der Waals surface area contributed by atoms with Gasteiger partial charge in [0.15, 0.2) is 5.65 Å². The Bertz CT molecular complexity index is 1230. The van der Waals surface area contributed by atoms with Crippen molar-refractivity contribution < 1.29 is 9.59 Å². The third-order valence-electron chi connectivity index (χ3n) is 5.31. The second-order valence-corrected chi connectivity index (χ2v) is 8.14. The molecule has 3 heterocycles.